The molecular formula is C19H15N3O2S. The first-order valence-electron chi connectivity index (χ1n) is 7.82. The Kier molecular flexibility index (Phi) is 3.82. The molecule has 2 heterocycles. The lowest BCUT2D eigenvalue weighted by Crippen LogP contribution is -2.11. The second-order valence-corrected chi connectivity index (χ2v) is 6.55. The fourth-order valence-electron chi connectivity index (χ4n) is 2.64. The molecule has 1 N–H and O–H groups in total. The van der Waals surface area contributed by atoms with Crippen LogP contribution in [0.25, 0.3) is 22.4 Å². The smallest absolute Gasteiger partial charge is 0.293 e. The maximum Gasteiger partial charge on any atom is 0.293 e. The number of carbonyl (C=O) groups is 1. The lowest BCUT2D eigenvalue weighted by Gasteiger charge is -1.99. The maximum absolute atomic E-state index is 12.5. The minimum Gasteiger partial charge on any atom is -0.451 e. The average molecular weight is 349 g/mol. The highest BCUT2D eigenvalue weighted by molar-refractivity contribution is 7.10. The van der Waals surface area contributed by atoms with Gasteiger partial charge < -0.3 is 4.42 Å². The van der Waals surface area contributed by atoms with E-state index in [1.807, 2.05) is 62.4 Å². The summed E-state index contributed by atoms with van der Waals surface area (Å²) in [6.45, 7) is 3.90. The molecule has 0 aliphatic rings. The van der Waals surface area contributed by atoms with Crippen molar-refractivity contribution in [2.24, 2.45) is 0 Å². The molecular weight excluding hydrogens is 334 g/mol. The quantitative estimate of drug-likeness (QED) is 0.576. The van der Waals surface area contributed by atoms with Crippen LogP contribution in [0, 0.1) is 13.8 Å². The third kappa shape index (κ3) is 2.92. The van der Waals surface area contributed by atoms with Gasteiger partial charge in [0.25, 0.3) is 5.91 Å². The molecule has 2 aromatic carbocycles. The molecule has 0 spiro atoms. The van der Waals surface area contributed by atoms with Crippen molar-refractivity contribution >= 4 is 33.5 Å². The van der Waals surface area contributed by atoms with Crippen LogP contribution in [0.15, 0.2) is 52.9 Å². The Bertz CT molecular complexity index is 1060. The van der Waals surface area contributed by atoms with Gasteiger partial charge in [-0.3, -0.25) is 10.1 Å². The molecule has 0 atom stereocenters. The molecule has 0 fully saturated rings. The summed E-state index contributed by atoms with van der Waals surface area (Å²) in [5, 5.41) is 4.15. The number of nitrogens with one attached hydrogen (secondary N) is 1. The van der Waals surface area contributed by atoms with Crippen molar-refractivity contribution in [3.8, 4) is 11.4 Å². The Balaban J connectivity index is 1.58. The van der Waals surface area contributed by atoms with E-state index in [0.717, 1.165) is 28.0 Å². The summed E-state index contributed by atoms with van der Waals surface area (Å²) >= 11 is 1.15. The molecule has 0 unspecified atom stereocenters. The van der Waals surface area contributed by atoms with Crippen molar-refractivity contribution in [2.45, 2.75) is 13.8 Å². The number of aromatic nitrogens is 2. The fraction of sp³-hybridized carbons (Fsp3) is 0.105. The molecule has 0 radical (unpaired) electrons. The van der Waals surface area contributed by atoms with E-state index in [0.29, 0.717) is 22.3 Å². The number of hydrogen-bond donors (Lipinski definition) is 1. The van der Waals surface area contributed by atoms with Gasteiger partial charge in [0.1, 0.15) is 5.58 Å². The monoisotopic (exact) mass is 349 g/mol. The van der Waals surface area contributed by atoms with E-state index in [2.05, 4.69) is 14.7 Å². The van der Waals surface area contributed by atoms with Crippen molar-refractivity contribution in [1.82, 2.24) is 9.36 Å². The van der Waals surface area contributed by atoms with Crippen LogP contribution in [0.1, 0.15) is 21.7 Å². The zero-order chi connectivity index (χ0) is 17.4. The van der Waals surface area contributed by atoms with Crippen molar-refractivity contribution < 1.29 is 9.21 Å². The van der Waals surface area contributed by atoms with Gasteiger partial charge in [0.05, 0.1) is 0 Å². The Morgan fingerprint density at radius 2 is 1.84 bits per heavy atom. The number of nitrogens with zero attached hydrogens (tertiary/aromatic N) is 2. The number of fused-ring (bicyclic) bond motifs is 1. The zero-order valence-corrected chi connectivity index (χ0v) is 14.6. The molecule has 0 aliphatic carbocycles. The summed E-state index contributed by atoms with van der Waals surface area (Å²) in [4.78, 5) is 16.9. The van der Waals surface area contributed by atoms with Crippen LogP contribution in [0.5, 0.6) is 0 Å². The number of hydrogen-bond acceptors (Lipinski definition) is 5. The second-order valence-electron chi connectivity index (χ2n) is 5.80. The van der Waals surface area contributed by atoms with E-state index >= 15 is 0 Å². The normalized spacial score (nSPS) is 11.0. The van der Waals surface area contributed by atoms with Crippen LogP contribution in [0.2, 0.25) is 0 Å². The van der Waals surface area contributed by atoms with Gasteiger partial charge in [-0.15, -0.1) is 0 Å². The molecule has 0 aliphatic heterocycles. The average Bonchev–Trinajstić information content (AvgIpc) is 3.21. The Morgan fingerprint density at radius 3 is 2.60 bits per heavy atom. The highest BCUT2D eigenvalue weighted by Gasteiger charge is 2.19. The molecule has 124 valence electrons. The topological polar surface area (TPSA) is 68.0 Å². The molecule has 1 amide bonds. The van der Waals surface area contributed by atoms with E-state index < -0.39 is 0 Å². The van der Waals surface area contributed by atoms with Crippen molar-refractivity contribution in [3.05, 3.63) is 65.4 Å². The summed E-state index contributed by atoms with van der Waals surface area (Å²) in [5.41, 5.74) is 3.61. The first-order valence-corrected chi connectivity index (χ1v) is 8.59. The lowest BCUT2D eigenvalue weighted by molar-refractivity contribution is 0.0998. The fourth-order valence-corrected chi connectivity index (χ4v) is 3.22. The number of aryl methyl sites for hydroxylation is 2. The van der Waals surface area contributed by atoms with Gasteiger partial charge in [-0.2, -0.15) is 9.36 Å². The maximum atomic E-state index is 12.5. The predicted octanol–water partition coefficient (Wildman–Crippen LogP) is 4.82. The molecule has 5 nitrogen and oxygen atoms in total. The number of rotatable bonds is 3. The highest BCUT2D eigenvalue weighted by atomic mass is 32.1. The molecule has 0 bridgehead atoms. The van der Waals surface area contributed by atoms with Gasteiger partial charge in [0, 0.05) is 28.0 Å². The summed E-state index contributed by atoms with van der Waals surface area (Å²) in [7, 11) is 0. The number of carbonyl (C=O) groups excluding carboxylic acids is 1. The van der Waals surface area contributed by atoms with Crippen molar-refractivity contribution in [3.63, 3.8) is 0 Å². The first kappa shape index (κ1) is 15.5. The molecule has 4 rings (SSSR count). The van der Waals surface area contributed by atoms with Crippen molar-refractivity contribution in [1.29, 1.82) is 0 Å². The third-order valence-corrected chi connectivity index (χ3v) is 4.64. The zero-order valence-electron chi connectivity index (χ0n) is 13.7. The van der Waals surface area contributed by atoms with Gasteiger partial charge >= 0.3 is 0 Å². The summed E-state index contributed by atoms with van der Waals surface area (Å²) in [6.07, 6.45) is 0. The molecule has 4 aromatic rings. The Hall–Kier alpha value is -2.99. The highest BCUT2D eigenvalue weighted by Crippen LogP contribution is 2.26. The number of para-hydroxylation sites is 1. The Labute approximate surface area is 148 Å². The standard InChI is InChI=1S/C19H15N3O2S/c1-11-7-9-13(10-8-11)17-20-19(25-22-17)21-18(23)16-12(2)14-5-3-4-6-15(14)24-16/h3-10H,1-2H3,(H,20,21,22,23). The van der Waals surface area contributed by atoms with E-state index in [4.69, 9.17) is 4.42 Å². The van der Waals surface area contributed by atoms with E-state index in [-0.39, 0.29) is 5.91 Å². The van der Waals surface area contributed by atoms with E-state index in [1.165, 1.54) is 5.56 Å². The Morgan fingerprint density at radius 1 is 1.08 bits per heavy atom. The SMILES string of the molecule is Cc1ccc(-c2nsc(NC(=O)c3oc4ccccc4c3C)n2)cc1. The predicted molar refractivity (Wildman–Crippen MR) is 99.0 cm³/mol. The number of amides is 1. The second kappa shape index (κ2) is 6.14. The van der Waals surface area contributed by atoms with Gasteiger partial charge in [-0.25, -0.2) is 0 Å². The molecule has 0 saturated carbocycles. The summed E-state index contributed by atoms with van der Waals surface area (Å²) < 4.78 is 10.00. The summed E-state index contributed by atoms with van der Waals surface area (Å²) in [5.74, 6) is 0.579. The van der Waals surface area contributed by atoms with Crippen LogP contribution >= 0.6 is 11.5 Å². The van der Waals surface area contributed by atoms with Gasteiger partial charge in [0.15, 0.2) is 11.6 Å². The van der Waals surface area contributed by atoms with E-state index in [1.54, 1.807) is 0 Å². The van der Waals surface area contributed by atoms with Gasteiger partial charge in [-0.05, 0) is 19.9 Å². The lowest BCUT2D eigenvalue weighted by atomic mass is 10.1. The van der Waals surface area contributed by atoms with Crippen LogP contribution in [-0.4, -0.2) is 15.3 Å². The molecule has 6 heteroatoms. The largest absolute Gasteiger partial charge is 0.451 e. The number of benzene rings is 2. The minimum absolute atomic E-state index is 0.299. The van der Waals surface area contributed by atoms with Crippen molar-refractivity contribution in [2.75, 3.05) is 5.32 Å². The van der Waals surface area contributed by atoms with Gasteiger partial charge in [0.2, 0.25) is 5.13 Å². The van der Waals surface area contributed by atoms with Gasteiger partial charge in [-0.1, -0.05) is 48.0 Å². The first-order chi connectivity index (χ1) is 12.1. The number of furan rings is 1. The molecule has 0 saturated heterocycles. The van der Waals surface area contributed by atoms with Crippen LogP contribution in [0.3, 0.4) is 0 Å². The minimum atomic E-state index is -0.319. The molecule has 25 heavy (non-hydrogen) atoms. The van der Waals surface area contributed by atoms with E-state index in [9.17, 15) is 4.79 Å². The van der Waals surface area contributed by atoms with Crippen LogP contribution in [-0.2, 0) is 0 Å². The van der Waals surface area contributed by atoms with Crippen LogP contribution < -0.4 is 5.32 Å². The third-order valence-electron chi connectivity index (χ3n) is 4.01. The summed E-state index contributed by atoms with van der Waals surface area (Å²) in [6, 6.07) is 15.5. The van der Waals surface area contributed by atoms with Crippen LogP contribution in [0.4, 0.5) is 5.13 Å². The molecule has 2 aromatic heterocycles. The number of anilines is 1.